The van der Waals surface area contributed by atoms with Crippen molar-refractivity contribution in [2.75, 3.05) is 12.8 Å². The molecule has 0 unspecified atom stereocenters. The first-order valence-corrected chi connectivity index (χ1v) is 9.00. The van der Waals surface area contributed by atoms with Gasteiger partial charge in [-0.15, -0.1) is 0 Å². The summed E-state index contributed by atoms with van der Waals surface area (Å²) in [7, 11) is -4.39. The lowest BCUT2D eigenvalue weighted by molar-refractivity contribution is -0.144. The monoisotopic (exact) mass is 384 g/mol. The van der Waals surface area contributed by atoms with E-state index < -0.39 is 62.4 Å². The summed E-state index contributed by atoms with van der Waals surface area (Å²) in [6, 6.07) is 0. The first-order valence-electron chi connectivity index (χ1n) is 6.82. The van der Waals surface area contributed by atoms with Gasteiger partial charge in [0.15, 0.2) is 12.5 Å². The molecule has 24 heavy (non-hydrogen) atoms. The summed E-state index contributed by atoms with van der Waals surface area (Å²) in [6.07, 6.45) is -4.55. The van der Waals surface area contributed by atoms with Gasteiger partial charge in [-0.3, -0.25) is 18.9 Å². The number of hydrogen-bond donors (Lipinski definition) is 4. The number of hydrogen-bond acceptors (Lipinski definition) is 7. The number of ether oxygens (including phenoxy) is 3. The number of nitrogens with zero attached hydrogens (tertiary/aromatic N) is 1. The molecule has 3 rings (SSSR count). The second kappa shape index (κ2) is 6.36. The second-order valence-electron chi connectivity index (χ2n) is 5.37. The summed E-state index contributed by atoms with van der Waals surface area (Å²) in [6.45, 7) is -0.463. The van der Waals surface area contributed by atoms with Gasteiger partial charge in [0.25, 0.3) is 5.56 Å². The fraction of sp³-hybridized carbons (Fsp3) is 0.636. The van der Waals surface area contributed by atoms with Gasteiger partial charge in [0.1, 0.15) is 29.5 Å². The molecule has 0 saturated carbocycles. The average molecular weight is 385 g/mol. The third kappa shape index (κ3) is 3.35. The van der Waals surface area contributed by atoms with Gasteiger partial charge in [-0.1, -0.05) is 11.6 Å². The van der Waals surface area contributed by atoms with E-state index in [1.165, 1.54) is 0 Å². The smallest absolute Gasteiger partial charge is 0.330 e. The molecule has 1 aromatic rings. The minimum atomic E-state index is -4.39. The predicted octanol–water partition coefficient (Wildman–Crippen LogP) is -1.63. The fourth-order valence-electron chi connectivity index (χ4n) is 2.70. The van der Waals surface area contributed by atoms with Crippen LogP contribution < -0.4 is 11.2 Å². The lowest BCUT2D eigenvalue weighted by Gasteiger charge is -2.21. The molecule has 134 valence electrons. The first kappa shape index (κ1) is 17.8. The lowest BCUT2D eigenvalue weighted by atomic mass is 10.1. The summed E-state index contributed by atoms with van der Waals surface area (Å²) in [5.74, 6) is 0. The van der Waals surface area contributed by atoms with Crippen molar-refractivity contribution in [3.8, 4) is 0 Å². The van der Waals surface area contributed by atoms with Crippen LogP contribution in [0.2, 0.25) is 5.02 Å². The largest absolute Gasteiger partial charge is 0.394 e. The van der Waals surface area contributed by atoms with E-state index in [9.17, 15) is 19.3 Å². The lowest BCUT2D eigenvalue weighted by Crippen LogP contribution is -2.37. The van der Waals surface area contributed by atoms with Gasteiger partial charge in [0, 0.05) is 6.20 Å². The van der Waals surface area contributed by atoms with Crippen LogP contribution in [-0.4, -0.2) is 61.8 Å². The number of aromatic amines is 1. The molecular formula is C11H14ClN2O9P. The highest BCUT2D eigenvalue weighted by Gasteiger charge is 2.54. The maximum Gasteiger partial charge on any atom is 0.330 e. The maximum absolute atomic E-state index is 12.0. The Bertz CT molecular complexity index is 788. The molecule has 4 N–H and O–H groups in total. The van der Waals surface area contributed by atoms with E-state index >= 15 is 0 Å². The van der Waals surface area contributed by atoms with Crippen molar-refractivity contribution >= 4 is 19.2 Å². The Balaban J connectivity index is 1.91. The van der Waals surface area contributed by atoms with Crippen LogP contribution in [0.15, 0.2) is 15.8 Å². The molecule has 3 heterocycles. The minimum Gasteiger partial charge on any atom is -0.394 e. The van der Waals surface area contributed by atoms with Gasteiger partial charge >= 0.3 is 13.3 Å². The molecule has 0 bridgehead atoms. The van der Waals surface area contributed by atoms with Crippen molar-refractivity contribution in [2.45, 2.75) is 30.8 Å². The average Bonchev–Trinajstić information content (AvgIpc) is 2.99. The third-order valence-electron chi connectivity index (χ3n) is 3.67. The van der Waals surface area contributed by atoms with Crippen molar-refractivity contribution in [1.29, 1.82) is 0 Å². The fourth-order valence-corrected chi connectivity index (χ4v) is 3.41. The van der Waals surface area contributed by atoms with E-state index in [0.29, 0.717) is 0 Å². The van der Waals surface area contributed by atoms with E-state index in [-0.39, 0.29) is 5.02 Å². The number of aliphatic hydroxyl groups excluding tert-OH is 1. The molecular weight excluding hydrogens is 371 g/mol. The van der Waals surface area contributed by atoms with Crippen LogP contribution in [0, 0.1) is 0 Å². The van der Waals surface area contributed by atoms with Crippen LogP contribution in [-0.2, 0) is 18.8 Å². The molecule has 2 aliphatic heterocycles. The van der Waals surface area contributed by atoms with Gasteiger partial charge in [-0.25, -0.2) is 4.79 Å². The quantitative estimate of drug-likeness (QED) is 0.446. The molecule has 2 aliphatic rings. The van der Waals surface area contributed by atoms with Crippen LogP contribution in [0.25, 0.3) is 0 Å². The zero-order valence-corrected chi connectivity index (χ0v) is 13.6. The van der Waals surface area contributed by atoms with Gasteiger partial charge in [-0.2, -0.15) is 0 Å². The molecule has 0 radical (unpaired) electrons. The molecule has 0 amide bonds. The standard InChI is InChI=1S/C11H14ClN2O9P/c12-4-1-14(11(17)13-9(4)16)10-8-7(5(2-15)21-10)22-6(23-8)3-24(18,19)20/h1,5-8,10,15H,2-3H2,(H,13,16,17)(H2,18,19,20)/t5-,6-,7-,8-,10-/m1/s1. The number of nitrogens with one attached hydrogen (secondary N) is 1. The molecule has 1 aromatic heterocycles. The zero-order chi connectivity index (χ0) is 17.6. The Morgan fingerprint density at radius 1 is 1.25 bits per heavy atom. The van der Waals surface area contributed by atoms with Crippen molar-refractivity contribution in [3.05, 3.63) is 32.1 Å². The van der Waals surface area contributed by atoms with Crippen LogP contribution in [0.4, 0.5) is 0 Å². The van der Waals surface area contributed by atoms with E-state index in [0.717, 1.165) is 10.8 Å². The Labute approximate surface area is 138 Å². The molecule has 13 heteroatoms. The van der Waals surface area contributed by atoms with Crippen molar-refractivity contribution in [1.82, 2.24) is 9.55 Å². The number of aromatic nitrogens is 2. The van der Waals surface area contributed by atoms with Gasteiger partial charge < -0.3 is 29.1 Å². The Hall–Kier alpha value is -1.04. The highest BCUT2D eigenvalue weighted by atomic mass is 35.5. The van der Waals surface area contributed by atoms with Crippen molar-refractivity contribution < 1.29 is 33.7 Å². The molecule has 0 spiro atoms. The van der Waals surface area contributed by atoms with E-state index in [4.69, 9.17) is 35.6 Å². The Morgan fingerprint density at radius 3 is 2.54 bits per heavy atom. The van der Waals surface area contributed by atoms with E-state index in [1.807, 2.05) is 4.98 Å². The van der Waals surface area contributed by atoms with Gasteiger partial charge in [0.2, 0.25) is 0 Å². The summed E-state index contributed by atoms with van der Waals surface area (Å²) >= 11 is 5.71. The molecule has 2 saturated heterocycles. The van der Waals surface area contributed by atoms with Gasteiger partial charge in [-0.05, 0) is 0 Å². The zero-order valence-electron chi connectivity index (χ0n) is 11.9. The highest BCUT2D eigenvalue weighted by molar-refractivity contribution is 7.51. The molecule has 5 atom stereocenters. The van der Waals surface area contributed by atoms with Crippen molar-refractivity contribution in [2.24, 2.45) is 0 Å². The molecule has 0 aromatic carbocycles. The van der Waals surface area contributed by atoms with Crippen LogP contribution >= 0.6 is 19.2 Å². The number of rotatable bonds is 4. The number of fused-ring (bicyclic) bond motifs is 1. The Morgan fingerprint density at radius 2 is 1.92 bits per heavy atom. The summed E-state index contributed by atoms with van der Waals surface area (Å²) in [4.78, 5) is 43.3. The first-order chi connectivity index (χ1) is 11.2. The third-order valence-corrected chi connectivity index (χ3v) is 4.71. The summed E-state index contributed by atoms with van der Waals surface area (Å²) < 4.78 is 28.4. The molecule has 2 fully saturated rings. The number of H-pyrrole nitrogens is 1. The predicted molar refractivity (Wildman–Crippen MR) is 77.8 cm³/mol. The topological polar surface area (TPSA) is 160 Å². The minimum absolute atomic E-state index is 0.257. The van der Waals surface area contributed by atoms with Crippen LogP contribution in [0.5, 0.6) is 0 Å². The normalized spacial score (nSPS) is 32.9. The SMILES string of the molecule is O=c1[nH]c(=O)n([C@@H]2O[C@H](CO)[C@H]3O[C@@H](CP(=O)(O)O)O[C@H]32)cc1Cl. The van der Waals surface area contributed by atoms with Crippen molar-refractivity contribution in [3.63, 3.8) is 0 Å². The summed E-state index contributed by atoms with van der Waals surface area (Å²) in [5.41, 5.74) is -1.58. The van der Waals surface area contributed by atoms with E-state index in [1.54, 1.807) is 0 Å². The van der Waals surface area contributed by atoms with Crippen LogP contribution in [0.1, 0.15) is 6.23 Å². The van der Waals surface area contributed by atoms with Crippen LogP contribution in [0.3, 0.4) is 0 Å². The number of halogens is 1. The maximum atomic E-state index is 12.0. The second-order valence-corrected chi connectivity index (χ2v) is 7.47. The molecule has 0 aliphatic carbocycles. The summed E-state index contributed by atoms with van der Waals surface area (Å²) in [5, 5.41) is 9.12. The molecule has 11 nitrogen and oxygen atoms in total. The van der Waals surface area contributed by atoms with E-state index in [2.05, 4.69) is 0 Å². The number of aliphatic hydroxyl groups is 1. The van der Waals surface area contributed by atoms with Gasteiger partial charge in [0.05, 0.1) is 6.61 Å². The Kier molecular flexibility index (Phi) is 4.71. The highest BCUT2D eigenvalue weighted by Crippen LogP contribution is 2.43.